The van der Waals surface area contributed by atoms with E-state index in [0.717, 1.165) is 22.8 Å². The van der Waals surface area contributed by atoms with Gasteiger partial charge in [-0.15, -0.1) is 36.4 Å². The summed E-state index contributed by atoms with van der Waals surface area (Å²) in [4.78, 5) is 0. The second kappa shape index (κ2) is 19.8. The van der Waals surface area contributed by atoms with E-state index >= 15 is 0 Å². The van der Waals surface area contributed by atoms with Crippen molar-refractivity contribution in [1.82, 2.24) is 9.13 Å². The van der Waals surface area contributed by atoms with E-state index in [-0.39, 0.29) is 21.7 Å². The Morgan fingerprint density at radius 3 is 0.947 bits per heavy atom. The molecule has 304 valence electrons. The van der Waals surface area contributed by atoms with Crippen molar-refractivity contribution in [3.05, 3.63) is 143 Å². The van der Waals surface area contributed by atoms with Crippen molar-refractivity contribution in [2.75, 3.05) is 0 Å². The van der Waals surface area contributed by atoms with Crippen LogP contribution in [0.5, 0.6) is 0 Å². The van der Waals surface area contributed by atoms with Crippen LogP contribution in [-0.2, 0) is 21.7 Å². The molecule has 0 fully saturated rings. The molecule has 0 spiro atoms. The third kappa shape index (κ3) is 13.5. The number of halogens is 4. The molecule has 11 heteroatoms. The van der Waals surface area contributed by atoms with Crippen LogP contribution in [0.4, 0.5) is 17.6 Å². The zero-order valence-corrected chi connectivity index (χ0v) is 42.6. The predicted octanol–water partition coefficient (Wildman–Crippen LogP) is 11.3. The van der Waals surface area contributed by atoms with Crippen molar-refractivity contribution in [2.24, 2.45) is 0 Å². The van der Waals surface area contributed by atoms with Crippen LogP contribution in [0.1, 0.15) is 22.8 Å². The summed E-state index contributed by atoms with van der Waals surface area (Å²) < 4.78 is 57.4. The molecule has 0 saturated heterocycles. The first kappa shape index (κ1) is 50.1. The second-order valence-corrected chi connectivity index (χ2v) is 38.8. The fourth-order valence-electron chi connectivity index (χ4n) is 6.75. The van der Waals surface area contributed by atoms with Crippen LogP contribution in [0.3, 0.4) is 0 Å². The third-order valence-corrected chi connectivity index (χ3v) is 18.1. The van der Waals surface area contributed by atoms with E-state index in [1.165, 1.54) is 34.6 Å². The van der Waals surface area contributed by atoms with Crippen molar-refractivity contribution in [1.29, 1.82) is 0 Å². The average molecular weight is 879 g/mol. The molecule has 0 amide bonds. The first-order valence-electron chi connectivity index (χ1n) is 19.2. The van der Waals surface area contributed by atoms with E-state index in [1.807, 2.05) is 36.8 Å². The second-order valence-electron chi connectivity index (χ2n) is 18.6. The van der Waals surface area contributed by atoms with Crippen LogP contribution < -0.4 is 20.7 Å². The fourth-order valence-corrected chi connectivity index (χ4v) is 12.8. The molecule has 0 atom stereocenters. The van der Waals surface area contributed by atoms with Gasteiger partial charge in [-0.2, -0.15) is 34.6 Å². The SMILES string of the molecule is C[Si](C)(C)[c-]1cccc1.C[Si](C)(C)[c-]1cccc1.Cc1cc([Si](C)(C)C)c(C)n1-c1ccc(F)[c-]c1F.Cc1cc([Si](C)(C)C)c(C)n1-c1ccc(F)[c-]c1F.[Ti+4]. The quantitative estimate of drug-likeness (QED) is 0.0896. The molecule has 4 aromatic carbocycles. The van der Waals surface area contributed by atoms with Gasteiger partial charge in [0.25, 0.3) is 0 Å². The molecule has 6 rings (SSSR count). The summed E-state index contributed by atoms with van der Waals surface area (Å²) in [5.74, 6) is -2.64. The summed E-state index contributed by atoms with van der Waals surface area (Å²) >= 11 is 0. The molecular formula is C46H62F4N2Si4Ti. The zero-order valence-electron chi connectivity index (χ0n) is 37.0. The van der Waals surface area contributed by atoms with Crippen LogP contribution in [0.2, 0.25) is 78.6 Å². The fraction of sp³-hybridized carbons (Fsp3) is 0.348. The minimum atomic E-state index is -1.48. The summed E-state index contributed by atoms with van der Waals surface area (Å²) in [6.45, 7) is 35.6. The molecule has 0 aliphatic carbocycles. The topological polar surface area (TPSA) is 9.86 Å². The molecule has 2 nitrogen and oxygen atoms in total. The van der Waals surface area contributed by atoms with Crippen LogP contribution >= 0.6 is 0 Å². The number of aryl methyl sites for hydroxylation is 2. The predicted molar refractivity (Wildman–Crippen MR) is 244 cm³/mol. The molecule has 0 bridgehead atoms. The van der Waals surface area contributed by atoms with E-state index in [4.69, 9.17) is 0 Å². The Kier molecular flexibility index (Phi) is 17.5. The van der Waals surface area contributed by atoms with Gasteiger partial charge in [0.1, 0.15) is 0 Å². The summed E-state index contributed by atoms with van der Waals surface area (Å²) in [7, 11) is -4.92. The van der Waals surface area contributed by atoms with Gasteiger partial charge in [-0.1, -0.05) is 78.6 Å². The van der Waals surface area contributed by atoms with Gasteiger partial charge in [0.15, 0.2) is 0 Å². The Balaban J connectivity index is 0.000000276. The van der Waals surface area contributed by atoms with Crippen molar-refractivity contribution >= 4 is 53.0 Å². The Labute approximate surface area is 360 Å². The number of hydrogen-bond acceptors (Lipinski definition) is 0. The molecule has 0 unspecified atom stereocenters. The van der Waals surface area contributed by atoms with Gasteiger partial charge in [-0.05, 0) is 61.6 Å². The van der Waals surface area contributed by atoms with Gasteiger partial charge in [0, 0.05) is 62.2 Å². The van der Waals surface area contributed by atoms with Crippen LogP contribution in [0.25, 0.3) is 11.4 Å². The smallest absolute Gasteiger partial charge is 0.370 e. The van der Waals surface area contributed by atoms with Crippen LogP contribution in [0.15, 0.2) is 84.9 Å². The van der Waals surface area contributed by atoms with Crippen molar-refractivity contribution in [3.63, 3.8) is 0 Å². The number of rotatable bonds is 6. The van der Waals surface area contributed by atoms with Gasteiger partial charge in [0.2, 0.25) is 0 Å². The van der Waals surface area contributed by atoms with Crippen LogP contribution in [-0.4, -0.2) is 41.4 Å². The zero-order chi connectivity index (χ0) is 42.6. The number of aromatic nitrogens is 2. The van der Waals surface area contributed by atoms with Crippen molar-refractivity contribution < 1.29 is 39.3 Å². The van der Waals surface area contributed by atoms with E-state index in [0.29, 0.717) is 11.4 Å². The monoisotopic (exact) mass is 878 g/mol. The molecule has 0 saturated carbocycles. The Morgan fingerprint density at radius 1 is 0.474 bits per heavy atom. The molecular weight excluding hydrogens is 817 g/mol. The Morgan fingerprint density at radius 2 is 0.754 bits per heavy atom. The molecule has 6 aromatic rings. The molecule has 0 radical (unpaired) electrons. The summed E-state index contributed by atoms with van der Waals surface area (Å²) in [5.41, 5.74) is 4.73. The third-order valence-electron chi connectivity index (χ3n) is 9.70. The Bertz CT molecular complexity index is 2020. The minimum absolute atomic E-state index is 0. The minimum Gasteiger partial charge on any atom is -0.370 e. The standard InChI is InChI=1S/2C15H18F2NSi.2C8H13Si.Ti/c2*1-10-8-15(19(3,4)5)11(2)18(10)14-7-6-12(16)9-13(14)17;2*1-9(2,3)8-6-4-5-7-8;/h2*6-8H,1-5H3;2*4-7H,1-3H3;/q4*-1;+4. The van der Waals surface area contributed by atoms with Crippen LogP contribution in [0, 0.1) is 63.1 Å². The molecule has 2 aromatic heterocycles. The largest absolute Gasteiger partial charge is 4.00 e. The van der Waals surface area contributed by atoms with Crippen molar-refractivity contribution in [3.8, 4) is 11.4 Å². The normalized spacial score (nSPS) is 11.7. The van der Waals surface area contributed by atoms with Gasteiger partial charge >= 0.3 is 21.7 Å². The first-order valence-corrected chi connectivity index (χ1v) is 33.2. The van der Waals surface area contributed by atoms with E-state index in [1.54, 1.807) is 10.4 Å². The maximum Gasteiger partial charge on any atom is 4.00 e. The first-order chi connectivity index (χ1) is 25.6. The summed E-state index contributed by atoms with van der Waals surface area (Å²) in [6.07, 6.45) is 0. The number of hydrogen-bond donors (Lipinski definition) is 0. The summed E-state index contributed by atoms with van der Waals surface area (Å²) in [6, 6.07) is 31.2. The van der Waals surface area contributed by atoms with Gasteiger partial charge in [0.05, 0.1) is 16.1 Å². The van der Waals surface area contributed by atoms with E-state index < -0.39 is 55.6 Å². The van der Waals surface area contributed by atoms with Gasteiger partial charge in [-0.25, -0.2) is 41.8 Å². The number of nitrogens with zero attached hydrogens (tertiary/aromatic N) is 2. The molecule has 0 aliphatic rings. The number of benzene rings is 2. The molecule has 0 aliphatic heterocycles. The Hall–Kier alpha value is -3.00. The van der Waals surface area contributed by atoms with E-state index in [2.05, 4.69) is 151 Å². The van der Waals surface area contributed by atoms with E-state index in [9.17, 15) is 17.6 Å². The van der Waals surface area contributed by atoms with Crippen molar-refractivity contribution in [2.45, 2.75) is 106 Å². The maximum absolute atomic E-state index is 13.9. The molecule has 57 heavy (non-hydrogen) atoms. The molecule has 2 heterocycles. The maximum atomic E-state index is 13.9. The van der Waals surface area contributed by atoms with Gasteiger partial charge < -0.3 is 9.13 Å². The van der Waals surface area contributed by atoms with Gasteiger partial charge in [-0.3, -0.25) is 0 Å². The summed E-state index contributed by atoms with van der Waals surface area (Å²) in [5, 5.41) is 5.72. The molecule has 0 N–H and O–H groups in total. The average Bonchev–Trinajstić information content (AvgIpc) is 3.87.